The third-order valence-corrected chi connectivity index (χ3v) is 18.5. The maximum Gasteiger partial charge on any atom is 0.219 e. The lowest BCUT2D eigenvalue weighted by Gasteiger charge is -2.45. The van der Waals surface area contributed by atoms with Gasteiger partial charge < -0.3 is 9.47 Å². The Labute approximate surface area is 321 Å². The molecule has 0 aliphatic carbocycles. The standard InChI is InChI=1S/C47H28N2O2S2Si/c1-6-17-38-30(12-1)47(31-13-2-7-18-39(31)52-38)32-14-3-8-19-40(32)53-46-33(47)24-25-34(49-46)29-23-26-43-37(28-29)51-45-44(22-11-27-48-45)54(43)41-20-9-4-15-35(41)50-36-16-5-10-21-42(36)54/h1-28H. The molecule has 254 valence electrons. The molecule has 2 aromatic heterocycles. The number of aromatic nitrogens is 2. The molecule has 0 fully saturated rings. The lowest BCUT2D eigenvalue weighted by atomic mass is 9.65. The summed E-state index contributed by atoms with van der Waals surface area (Å²) >= 11 is 3.62. The van der Waals surface area contributed by atoms with Crippen LogP contribution in [0.3, 0.4) is 0 Å². The summed E-state index contributed by atoms with van der Waals surface area (Å²) in [6, 6.07) is 59.0. The van der Waals surface area contributed by atoms with Crippen LogP contribution in [0.2, 0.25) is 0 Å². The van der Waals surface area contributed by atoms with E-state index in [4.69, 9.17) is 19.4 Å². The first-order chi connectivity index (χ1) is 26.7. The molecule has 12 rings (SSSR count). The molecular formula is C47H28N2O2S2Si. The third kappa shape index (κ3) is 3.96. The molecule has 4 aliphatic rings. The van der Waals surface area contributed by atoms with E-state index in [1.807, 2.05) is 36.2 Å². The molecule has 8 aromatic rings. The van der Waals surface area contributed by atoms with Crippen molar-refractivity contribution in [2.24, 2.45) is 0 Å². The minimum atomic E-state index is -2.87. The molecule has 54 heavy (non-hydrogen) atoms. The Morgan fingerprint density at radius 1 is 0.463 bits per heavy atom. The van der Waals surface area contributed by atoms with Gasteiger partial charge in [0.15, 0.2) is 8.07 Å². The zero-order valence-corrected chi connectivity index (χ0v) is 31.3. The highest BCUT2D eigenvalue weighted by molar-refractivity contribution is 7.99. The largest absolute Gasteiger partial charge is 0.458 e. The molecule has 7 heteroatoms. The van der Waals surface area contributed by atoms with Gasteiger partial charge in [0.25, 0.3) is 0 Å². The van der Waals surface area contributed by atoms with E-state index in [1.54, 1.807) is 11.8 Å². The van der Waals surface area contributed by atoms with Gasteiger partial charge in [0.1, 0.15) is 22.3 Å². The van der Waals surface area contributed by atoms with Crippen LogP contribution in [0.25, 0.3) is 11.3 Å². The van der Waals surface area contributed by atoms with Crippen LogP contribution in [0.4, 0.5) is 0 Å². The zero-order chi connectivity index (χ0) is 35.4. The summed E-state index contributed by atoms with van der Waals surface area (Å²) in [5.41, 5.74) is 6.54. The minimum absolute atomic E-state index is 0.489. The van der Waals surface area contributed by atoms with Crippen molar-refractivity contribution in [1.82, 2.24) is 9.97 Å². The van der Waals surface area contributed by atoms with Crippen LogP contribution >= 0.6 is 23.5 Å². The van der Waals surface area contributed by atoms with E-state index in [0.29, 0.717) is 5.88 Å². The van der Waals surface area contributed by atoms with E-state index < -0.39 is 13.5 Å². The van der Waals surface area contributed by atoms with Crippen molar-refractivity contribution in [2.45, 2.75) is 25.1 Å². The molecule has 6 aromatic carbocycles. The molecule has 6 heterocycles. The number of ether oxygens (including phenoxy) is 2. The summed E-state index contributed by atoms with van der Waals surface area (Å²) in [5, 5.41) is 5.74. The quantitative estimate of drug-likeness (QED) is 0.156. The van der Waals surface area contributed by atoms with Crippen molar-refractivity contribution in [3.63, 3.8) is 0 Å². The number of fused-ring (bicyclic) bond motifs is 16. The molecule has 0 saturated heterocycles. The lowest BCUT2D eigenvalue weighted by Crippen LogP contribution is -2.77. The summed E-state index contributed by atoms with van der Waals surface area (Å²) < 4.78 is 13.3. The molecule has 0 atom stereocenters. The van der Waals surface area contributed by atoms with Gasteiger partial charge in [-0.2, -0.15) is 0 Å². The molecule has 0 radical (unpaired) electrons. The van der Waals surface area contributed by atoms with E-state index in [2.05, 4.69) is 146 Å². The molecule has 0 unspecified atom stereocenters. The Bertz CT molecular complexity index is 2570. The van der Waals surface area contributed by atoms with Crippen LogP contribution in [0.15, 0.2) is 190 Å². The van der Waals surface area contributed by atoms with Crippen LogP contribution in [-0.4, -0.2) is 18.0 Å². The fraction of sp³-hybridized carbons (Fsp3) is 0.0213. The van der Waals surface area contributed by atoms with Crippen LogP contribution in [0.5, 0.6) is 23.1 Å². The number of nitrogens with zero attached hydrogens (tertiary/aromatic N) is 2. The van der Waals surface area contributed by atoms with Gasteiger partial charge >= 0.3 is 0 Å². The van der Waals surface area contributed by atoms with E-state index in [0.717, 1.165) is 38.7 Å². The normalized spacial score (nSPS) is 15.5. The topological polar surface area (TPSA) is 44.2 Å². The summed E-state index contributed by atoms with van der Waals surface area (Å²) in [6.45, 7) is 0. The Kier molecular flexibility index (Phi) is 6.41. The first-order valence-corrected chi connectivity index (χ1v) is 21.7. The Morgan fingerprint density at radius 3 is 1.72 bits per heavy atom. The first-order valence-electron chi connectivity index (χ1n) is 18.1. The minimum Gasteiger partial charge on any atom is -0.458 e. The molecule has 0 amide bonds. The van der Waals surface area contributed by atoms with Gasteiger partial charge in [-0.25, -0.2) is 9.97 Å². The fourth-order valence-corrected chi connectivity index (χ4v) is 16.7. The second kappa shape index (κ2) is 11.3. The molecular weight excluding hydrogens is 717 g/mol. The Hall–Kier alpha value is -5.86. The number of para-hydroxylation sites is 2. The van der Waals surface area contributed by atoms with Crippen molar-refractivity contribution < 1.29 is 9.47 Å². The summed E-state index contributed by atoms with van der Waals surface area (Å²) in [5.74, 6) is 3.25. The average molecular weight is 745 g/mol. The molecule has 4 nitrogen and oxygen atoms in total. The molecule has 2 spiro atoms. The lowest BCUT2D eigenvalue weighted by molar-refractivity contribution is 0.466. The van der Waals surface area contributed by atoms with E-state index in [-0.39, 0.29) is 0 Å². The van der Waals surface area contributed by atoms with Crippen molar-refractivity contribution in [1.29, 1.82) is 0 Å². The highest BCUT2D eigenvalue weighted by Crippen LogP contribution is 2.61. The highest BCUT2D eigenvalue weighted by Gasteiger charge is 2.54. The van der Waals surface area contributed by atoms with Crippen molar-refractivity contribution >= 4 is 52.3 Å². The van der Waals surface area contributed by atoms with Crippen molar-refractivity contribution in [3.8, 4) is 34.4 Å². The fourth-order valence-electron chi connectivity index (χ4n) is 9.31. The molecule has 0 saturated carbocycles. The first kappa shape index (κ1) is 30.6. The number of pyridine rings is 2. The summed E-state index contributed by atoms with van der Waals surface area (Å²) in [4.78, 5) is 14.1. The third-order valence-electron chi connectivity index (χ3n) is 11.4. The van der Waals surface area contributed by atoms with Gasteiger partial charge in [0.05, 0.1) is 11.1 Å². The number of benzene rings is 6. The molecule has 0 bridgehead atoms. The van der Waals surface area contributed by atoms with E-state index in [9.17, 15) is 0 Å². The van der Waals surface area contributed by atoms with Crippen LogP contribution < -0.4 is 30.2 Å². The highest BCUT2D eigenvalue weighted by atomic mass is 32.2. The smallest absolute Gasteiger partial charge is 0.219 e. The molecule has 0 N–H and O–H groups in total. The molecule has 4 aliphatic heterocycles. The van der Waals surface area contributed by atoms with E-state index in [1.165, 1.54) is 52.5 Å². The predicted octanol–water partition coefficient (Wildman–Crippen LogP) is 9.04. The Balaban J connectivity index is 1.07. The van der Waals surface area contributed by atoms with E-state index >= 15 is 0 Å². The number of hydrogen-bond donors (Lipinski definition) is 0. The monoisotopic (exact) mass is 744 g/mol. The SMILES string of the molecule is c1ccc2c(c1)Oc1ccccc1[Si]21c2ccc(-c3ccc4c(n3)Sc3ccccc3C43c4ccccc4Sc4ccccc43)cc2Oc2ncccc21. The van der Waals surface area contributed by atoms with Crippen molar-refractivity contribution in [3.05, 3.63) is 192 Å². The van der Waals surface area contributed by atoms with Crippen LogP contribution in [0.1, 0.15) is 22.3 Å². The zero-order valence-electron chi connectivity index (χ0n) is 28.7. The maximum atomic E-state index is 6.77. The van der Waals surface area contributed by atoms with Gasteiger partial charge in [0, 0.05) is 37.2 Å². The van der Waals surface area contributed by atoms with Crippen LogP contribution in [-0.2, 0) is 5.41 Å². The van der Waals surface area contributed by atoms with Gasteiger partial charge in [-0.05, 0) is 80.8 Å². The van der Waals surface area contributed by atoms with Gasteiger partial charge in [-0.15, -0.1) is 0 Å². The Morgan fingerprint density at radius 2 is 1.04 bits per heavy atom. The van der Waals surface area contributed by atoms with Gasteiger partial charge in [0.2, 0.25) is 5.88 Å². The maximum absolute atomic E-state index is 6.77. The van der Waals surface area contributed by atoms with Gasteiger partial charge in [-0.1, -0.05) is 139 Å². The average Bonchev–Trinajstić information content (AvgIpc) is 3.23. The van der Waals surface area contributed by atoms with Crippen LogP contribution in [0, 0.1) is 0 Å². The van der Waals surface area contributed by atoms with Gasteiger partial charge in [-0.3, -0.25) is 0 Å². The predicted molar refractivity (Wildman–Crippen MR) is 218 cm³/mol. The van der Waals surface area contributed by atoms with Crippen molar-refractivity contribution in [2.75, 3.05) is 0 Å². The second-order valence-corrected chi connectivity index (χ2v) is 19.8. The second-order valence-electron chi connectivity index (χ2n) is 14.0. The number of rotatable bonds is 1. The number of hydrogen-bond acceptors (Lipinski definition) is 6. The summed E-state index contributed by atoms with van der Waals surface area (Å²) in [6.07, 6.45) is 1.82. The summed E-state index contributed by atoms with van der Waals surface area (Å²) in [7, 11) is -2.87.